The zero-order chi connectivity index (χ0) is 16.2. The zero-order valence-electron chi connectivity index (χ0n) is 12.6. The van der Waals surface area contributed by atoms with Crippen molar-refractivity contribution in [1.29, 1.82) is 0 Å². The number of hydrogen-bond donors (Lipinski definition) is 1. The Balaban J connectivity index is 1.62. The highest BCUT2D eigenvalue weighted by atomic mass is 127. The topological polar surface area (TPSA) is 49.4 Å². The molecule has 0 spiro atoms. The summed E-state index contributed by atoms with van der Waals surface area (Å²) >= 11 is 2.16. The normalized spacial score (nSPS) is 14.1. The molecule has 1 aliphatic heterocycles. The highest BCUT2D eigenvalue weighted by Crippen LogP contribution is 2.21. The van der Waals surface area contributed by atoms with Gasteiger partial charge < -0.3 is 10.2 Å². The van der Waals surface area contributed by atoms with Gasteiger partial charge in [0.15, 0.2) is 0 Å². The fraction of sp³-hybridized carbons (Fsp3) is 0.222. The predicted octanol–water partition coefficient (Wildman–Crippen LogP) is 3.35. The van der Waals surface area contributed by atoms with Gasteiger partial charge in [0.25, 0.3) is 5.91 Å². The van der Waals surface area contributed by atoms with Crippen molar-refractivity contribution in [1.82, 2.24) is 5.32 Å². The number of carbonyl (C=O) groups excluding carboxylic acids is 2. The van der Waals surface area contributed by atoms with Crippen LogP contribution in [0.3, 0.4) is 0 Å². The Morgan fingerprint density at radius 3 is 2.52 bits per heavy atom. The van der Waals surface area contributed by atoms with Gasteiger partial charge in [0.1, 0.15) is 0 Å². The Morgan fingerprint density at radius 1 is 1.13 bits per heavy atom. The van der Waals surface area contributed by atoms with Crippen LogP contribution in [0.15, 0.2) is 48.5 Å². The molecule has 23 heavy (non-hydrogen) atoms. The van der Waals surface area contributed by atoms with Crippen LogP contribution in [0.1, 0.15) is 28.8 Å². The van der Waals surface area contributed by atoms with Crippen molar-refractivity contribution in [2.45, 2.75) is 19.4 Å². The van der Waals surface area contributed by atoms with Crippen LogP contribution in [0, 0.1) is 3.57 Å². The van der Waals surface area contributed by atoms with E-state index in [1.54, 1.807) is 0 Å². The van der Waals surface area contributed by atoms with Crippen molar-refractivity contribution >= 4 is 40.1 Å². The molecule has 4 nitrogen and oxygen atoms in total. The van der Waals surface area contributed by atoms with Crippen LogP contribution in [0.5, 0.6) is 0 Å². The molecular formula is C18H17IN2O2. The summed E-state index contributed by atoms with van der Waals surface area (Å²) in [7, 11) is 0. The van der Waals surface area contributed by atoms with Gasteiger partial charge in [0, 0.05) is 28.8 Å². The standard InChI is InChI=1S/C18H17IN2O2/c19-16-5-2-1-4-15(16)18(23)20-12-13-7-9-14(10-8-13)21-11-3-6-17(21)22/h1-2,4-5,7-10H,3,6,11-12H2,(H,20,23). The number of hydrogen-bond acceptors (Lipinski definition) is 2. The summed E-state index contributed by atoms with van der Waals surface area (Å²) in [6.45, 7) is 1.26. The van der Waals surface area contributed by atoms with E-state index in [2.05, 4.69) is 27.9 Å². The summed E-state index contributed by atoms with van der Waals surface area (Å²) in [6, 6.07) is 15.3. The average Bonchev–Trinajstić information content (AvgIpc) is 2.99. The molecule has 2 aromatic rings. The molecule has 118 valence electrons. The number of halogens is 1. The van der Waals surface area contributed by atoms with E-state index in [1.807, 2.05) is 53.4 Å². The van der Waals surface area contributed by atoms with Gasteiger partial charge in [0.2, 0.25) is 5.91 Å². The maximum atomic E-state index is 12.2. The molecule has 5 heteroatoms. The smallest absolute Gasteiger partial charge is 0.252 e. The van der Waals surface area contributed by atoms with Crippen molar-refractivity contribution in [2.24, 2.45) is 0 Å². The van der Waals surface area contributed by atoms with E-state index in [1.165, 1.54) is 0 Å². The average molecular weight is 420 g/mol. The number of benzene rings is 2. The largest absolute Gasteiger partial charge is 0.348 e. The fourth-order valence-electron chi connectivity index (χ4n) is 2.64. The lowest BCUT2D eigenvalue weighted by Crippen LogP contribution is -2.24. The third kappa shape index (κ3) is 3.72. The van der Waals surface area contributed by atoms with Gasteiger partial charge in [-0.25, -0.2) is 0 Å². The fourth-order valence-corrected chi connectivity index (χ4v) is 3.27. The Morgan fingerprint density at radius 2 is 1.87 bits per heavy atom. The molecule has 2 aromatic carbocycles. The highest BCUT2D eigenvalue weighted by Gasteiger charge is 2.21. The van der Waals surface area contributed by atoms with Crippen LogP contribution in [-0.4, -0.2) is 18.4 Å². The predicted molar refractivity (Wildman–Crippen MR) is 98.4 cm³/mol. The minimum Gasteiger partial charge on any atom is -0.348 e. The van der Waals surface area contributed by atoms with E-state index in [-0.39, 0.29) is 11.8 Å². The first-order valence-corrected chi connectivity index (χ1v) is 8.65. The summed E-state index contributed by atoms with van der Waals surface area (Å²) < 4.78 is 0.936. The quantitative estimate of drug-likeness (QED) is 0.772. The minimum absolute atomic E-state index is 0.0752. The molecule has 0 atom stereocenters. The molecule has 0 unspecified atom stereocenters. The lowest BCUT2D eigenvalue weighted by molar-refractivity contribution is -0.117. The van der Waals surface area contributed by atoms with Crippen molar-refractivity contribution in [3.05, 3.63) is 63.2 Å². The van der Waals surface area contributed by atoms with Crippen LogP contribution in [0.25, 0.3) is 0 Å². The van der Waals surface area contributed by atoms with Gasteiger partial charge in [-0.1, -0.05) is 24.3 Å². The molecule has 1 fully saturated rings. The summed E-state index contributed by atoms with van der Waals surface area (Å²) in [5, 5.41) is 2.93. The summed E-state index contributed by atoms with van der Waals surface area (Å²) in [4.78, 5) is 25.7. The molecule has 1 N–H and O–H groups in total. The Bertz CT molecular complexity index is 728. The van der Waals surface area contributed by atoms with Gasteiger partial charge in [-0.05, 0) is 58.8 Å². The van der Waals surface area contributed by atoms with Crippen LogP contribution in [0.2, 0.25) is 0 Å². The van der Waals surface area contributed by atoms with E-state index < -0.39 is 0 Å². The molecule has 0 saturated carbocycles. The minimum atomic E-state index is -0.0752. The van der Waals surface area contributed by atoms with Crippen LogP contribution in [-0.2, 0) is 11.3 Å². The highest BCUT2D eigenvalue weighted by molar-refractivity contribution is 14.1. The monoisotopic (exact) mass is 420 g/mol. The van der Waals surface area contributed by atoms with Crippen molar-refractivity contribution in [3.63, 3.8) is 0 Å². The van der Waals surface area contributed by atoms with Gasteiger partial charge in [0.05, 0.1) is 5.56 Å². The van der Waals surface area contributed by atoms with Crippen molar-refractivity contribution in [3.8, 4) is 0 Å². The first-order valence-electron chi connectivity index (χ1n) is 7.57. The third-order valence-corrected chi connectivity index (χ3v) is 4.83. The SMILES string of the molecule is O=C(NCc1ccc(N2CCCC2=O)cc1)c1ccccc1I. The van der Waals surface area contributed by atoms with E-state index in [9.17, 15) is 9.59 Å². The number of nitrogens with one attached hydrogen (secondary N) is 1. The second-order valence-corrected chi connectivity index (χ2v) is 6.64. The third-order valence-electron chi connectivity index (χ3n) is 3.89. The van der Waals surface area contributed by atoms with Gasteiger partial charge in [-0.15, -0.1) is 0 Å². The molecule has 0 aromatic heterocycles. The summed E-state index contributed by atoms with van der Waals surface area (Å²) in [5.74, 6) is 0.110. The molecule has 0 aliphatic carbocycles. The molecule has 1 heterocycles. The molecule has 1 saturated heterocycles. The van der Waals surface area contributed by atoms with Gasteiger partial charge in [-0.2, -0.15) is 0 Å². The van der Waals surface area contributed by atoms with Gasteiger partial charge in [-0.3, -0.25) is 9.59 Å². The van der Waals surface area contributed by atoms with Crippen molar-refractivity contribution in [2.75, 3.05) is 11.4 Å². The molecule has 0 bridgehead atoms. The second-order valence-electron chi connectivity index (χ2n) is 5.48. The van der Waals surface area contributed by atoms with Crippen molar-refractivity contribution < 1.29 is 9.59 Å². The van der Waals surface area contributed by atoms with E-state index in [0.717, 1.165) is 27.8 Å². The van der Waals surface area contributed by atoms with Gasteiger partial charge >= 0.3 is 0 Å². The Labute approximate surface area is 149 Å². The second kappa shape index (κ2) is 7.12. The molecule has 3 rings (SSSR count). The van der Waals surface area contributed by atoms with E-state index in [4.69, 9.17) is 0 Å². The zero-order valence-corrected chi connectivity index (χ0v) is 14.7. The first kappa shape index (κ1) is 16.0. The Hall–Kier alpha value is -1.89. The lowest BCUT2D eigenvalue weighted by atomic mass is 10.1. The van der Waals surface area contributed by atoms with Crippen LogP contribution >= 0.6 is 22.6 Å². The lowest BCUT2D eigenvalue weighted by Gasteiger charge is -2.16. The number of rotatable bonds is 4. The summed E-state index contributed by atoms with van der Waals surface area (Å²) in [5.41, 5.74) is 2.63. The van der Waals surface area contributed by atoms with Crippen LogP contribution < -0.4 is 10.2 Å². The van der Waals surface area contributed by atoms with E-state index in [0.29, 0.717) is 18.5 Å². The number of carbonyl (C=O) groups is 2. The van der Waals surface area contributed by atoms with E-state index >= 15 is 0 Å². The Kier molecular flexibility index (Phi) is 4.95. The number of nitrogens with zero attached hydrogens (tertiary/aromatic N) is 1. The first-order chi connectivity index (χ1) is 11.1. The van der Waals surface area contributed by atoms with Crippen LogP contribution in [0.4, 0.5) is 5.69 Å². The molecular weight excluding hydrogens is 403 g/mol. The maximum absolute atomic E-state index is 12.2. The number of anilines is 1. The summed E-state index contributed by atoms with van der Waals surface area (Å²) in [6.07, 6.45) is 1.56. The maximum Gasteiger partial charge on any atom is 0.252 e. The molecule has 0 radical (unpaired) electrons. The molecule has 2 amide bonds. The molecule has 1 aliphatic rings. The number of amides is 2.